The maximum atomic E-state index is 12.1. The van der Waals surface area contributed by atoms with Gasteiger partial charge in [0.25, 0.3) is 5.56 Å². The fourth-order valence-electron chi connectivity index (χ4n) is 2.50. The lowest BCUT2D eigenvalue weighted by Gasteiger charge is -2.08. The minimum absolute atomic E-state index is 0.0605. The second-order valence-corrected chi connectivity index (χ2v) is 6.20. The van der Waals surface area contributed by atoms with Gasteiger partial charge in [-0.2, -0.15) is 0 Å². The van der Waals surface area contributed by atoms with Crippen LogP contribution in [0.25, 0.3) is 10.9 Å². The summed E-state index contributed by atoms with van der Waals surface area (Å²) in [4.78, 5) is 26.9. The molecule has 0 unspecified atom stereocenters. The van der Waals surface area contributed by atoms with Crippen molar-refractivity contribution in [3.05, 3.63) is 40.2 Å². The zero-order valence-electron chi connectivity index (χ0n) is 15.1. The van der Waals surface area contributed by atoms with Gasteiger partial charge in [0.05, 0.1) is 13.2 Å². The zero-order chi connectivity index (χ0) is 18.2. The molecule has 2 N–H and O–H groups in total. The van der Waals surface area contributed by atoms with E-state index in [1.807, 2.05) is 32.0 Å². The lowest BCUT2D eigenvalue weighted by Crippen LogP contribution is -2.26. The van der Waals surface area contributed by atoms with Crippen molar-refractivity contribution in [3.8, 4) is 5.75 Å². The van der Waals surface area contributed by atoms with E-state index in [1.54, 1.807) is 13.2 Å². The van der Waals surface area contributed by atoms with E-state index in [-0.39, 0.29) is 24.0 Å². The summed E-state index contributed by atoms with van der Waals surface area (Å²) in [6, 6.07) is 7.30. The number of hydrogen-bond donors (Lipinski definition) is 2. The first-order valence-electron chi connectivity index (χ1n) is 8.58. The van der Waals surface area contributed by atoms with E-state index < -0.39 is 0 Å². The van der Waals surface area contributed by atoms with Gasteiger partial charge in [-0.3, -0.25) is 9.59 Å². The molecule has 0 atom stereocenters. The van der Waals surface area contributed by atoms with Gasteiger partial charge in [-0.05, 0) is 51.0 Å². The molecule has 6 nitrogen and oxygen atoms in total. The van der Waals surface area contributed by atoms with Crippen molar-refractivity contribution in [2.24, 2.45) is 0 Å². The predicted octanol–water partition coefficient (Wildman–Crippen LogP) is 2.40. The highest BCUT2D eigenvalue weighted by molar-refractivity contribution is 5.81. The van der Waals surface area contributed by atoms with Crippen molar-refractivity contribution in [3.63, 3.8) is 0 Å². The predicted molar refractivity (Wildman–Crippen MR) is 98.2 cm³/mol. The van der Waals surface area contributed by atoms with Gasteiger partial charge in [0.1, 0.15) is 5.75 Å². The first-order chi connectivity index (χ1) is 12.0. The Balaban J connectivity index is 1.88. The first kappa shape index (κ1) is 19.0. The van der Waals surface area contributed by atoms with Gasteiger partial charge in [0.2, 0.25) is 5.91 Å². The van der Waals surface area contributed by atoms with E-state index in [0.717, 1.165) is 23.1 Å². The smallest absolute Gasteiger partial charge is 0.251 e. The fraction of sp³-hybridized carbons (Fsp3) is 0.474. The third-order valence-electron chi connectivity index (χ3n) is 3.84. The van der Waals surface area contributed by atoms with Crippen molar-refractivity contribution < 1.29 is 14.3 Å². The molecule has 2 aromatic rings. The first-order valence-corrected chi connectivity index (χ1v) is 8.58. The number of H-pyrrole nitrogens is 1. The Labute approximate surface area is 147 Å². The summed E-state index contributed by atoms with van der Waals surface area (Å²) in [7, 11) is 1.60. The quantitative estimate of drug-likeness (QED) is 0.683. The Morgan fingerprint density at radius 2 is 2.08 bits per heavy atom. The monoisotopic (exact) mass is 346 g/mol. The van der Waals surface area contributed by atoms with Gasteiger partial charge in [-0.1, -0.05) is 0 Å². The minimum atomic E-state index is -0.157. The Morgan fingerprint density at radius 3 is 2.80 bits per heavy atom. The summed E-state index contributed by atoms with van der Waals surface area (Å²) >= 11 is 0. The molecule has 0 radical (unpaired) electrons. The molecular weight excluding hydrogens is 320 g/mol. The van der Waals surface area contributed by atoms with Crippen LogP contribution >= 0.6 is 0 Å². The number of benzene rings is 1. The highest BCUT2D eigenvalue weighted by Gasteiger charge is 2.07. The molecule has 136 valence electrons. The van der Waals surface area contributed by atoms with Crippen molar-refractivity contribution >= 4 is 16.8 Å². The van der Waals surface area contributed by atoms with E-state index in [1.165, 1.54) is 0 Å². The molecule has 0 spiro atoms. The molecule has 0 bridgehead atoms. The van der Waals surface area contributed by atoms with E-state index in [0.29, 0.717) is 25.1 Å². The molecule has 0 saturated heterocycles. The Kier molecular flexibility index (Phi) is 7.01. The third kappa shape index (κ3) is 5.90. The largest absolute Gasteiger partial charge is 0.497 e. The average Bonchev–Trinajstić information content (AvgIpc) is 2.59. The van der Waals surface area contributed by atoms with Crippen molar-refractivity contribution in [1.29, 1.82) is 0 Å². The summed E-state index contributed by atoms with van der Waals surface area (Å²) in [6.07, 6.45) is 1.66. The Hall–Kier alpha value is -2.34. The molecule has 1 heterocycles. The van der Waals surface area contributed by atoms with Crippen LogP contribution < -0.4 is 15.6 Å². The standard InChI is InChI=1S/C19H26N2O4/c1-13(2)25-10-4-9-20-18(22)8-5-14-11-15-12-16(24-3)6-7-17(15)21-19(14)23/h6-7,11-13H,4-5,8-10H2,1-3H3,(H,20,22)(H,21,23). The molecule has 2 rings (SSSR count). The Bertz CT molecular complexity index is 768. The number of rotatable bonds is 9. The molecular formula is C19H26N2O4. The second-order valence-electron chi connectivity index (χ2n) is 6.20. The highest BCUT2D eigenvalue weighted by atomic mass is 16.5. The maximum Gasteiger partial charge on any atom is 0.251 e. The molecule has 6 heteroatoms. The van der Waals surface area contributed by atoms with E-state index in [9.17, 15) is 9.59 Å². The van der Waals surface area contributed by atoms with Crippen molar-refractivity contribution in [2.45, 2.75) is 39.2 Å². The van der Waals surface area contributed by atoms with Crippen LogP contribution in [-0.2, 0) is 16.0 Å². The number of aryl methyl sites for hydroxylation is 1. The van der Waals surface area contributed by atoms with Crippen molar-refractivity contribution in [1.82, 2.24) is 10.3 Å². The van der Waals surface area contributed by atoms with Gasteiger partial charge in [0, 0.05) is 36.0 Å². The molecule has 0 saturated carbocycles. The maximum absolute atomic E-state index is 12.1. The molecule has 1 aromatic carbocycles. The number of methoxy groups -OCH3 is 1. The summed E-state index contributed by atoms with van der Waals surface area (Å²) in [6.45, 7) is 5.17. The number of carbonyl (C=O) groups is 1. The van der Waals surface area contributed by atoms with E-state index >= 15 is 0 Å². The normalized spacial score (nSPS) is 11.0. The Morgan fingerprint density at radius 1 is 1.28 bits per heavy atom. The number of amides is 1. The number of ether oxygens (including phenoxy) is 2. The van der Waals surface area contributed by atoms with Crippen LogP contribution in [0.5, 0.6) is 5.75 Å². The zero-order valence-corrected chi connectivity index (χ0v) is 15.1. The number of nitrogens with one attached hydrogen (secondary N) is 2. The van der Waals surface area contributed by atoms with Crippen LogP contribution in [0.15, 0.2) is 29.1 Å². The lowest BCUT2D eigenvalue weighted by atomic mass is 10.1. The molecule has 25 heavy (non-hydrogen) atoms. The van der Waals surface area contributed by atoms with Gasteiger partial charge < -0.3 is 19.8 Å². The highest BCUT2D eigenvalue weighted by Crippen LogP contribution is 2.19. The molecule has 1 aromatic heterocycles. The van der Waals surface area contributed by atoms with Crippen LogP contribution in [-0.4, -0.2) is 37.3 Å². The summed E-state index contributed by atoms with van der Waals surface area (Å²) in [5, 5.41) is 3.74. The number of hydrogen-bond acceptors (Lipinski definition) is 4. The van der Waals surface area contributed by atoms with Gasteiger partial charge >= 0.3 is 0 Å². The molecule has 0 aliphatic rings. The number of fused-ring (bicyclic) bond motifs is 1. The minimum Gasteiger partial charge on any atom is -0.497 e. The molecule has 0 fully saturated rings. The van der Waals surface area contributed by atoms with Crippen LogP contribution in [0.1, 0.15) is 32.3 Å². The number of carbonyl (C=O) groups excluding carboxylic acids is 1. The summed E-state index contributed by atoms with van der Waals surface area (Å²) in [5.74, 6) is 0.668. The van der Waals surface area contributed by atoms with E-state index in [2.05, 4.69) is 10.3 Å². The topological polar surface area (TPSA) is 80.4 Å². The van der Waals surface area contributed by atoms with Crippen LogP contribution in [0.3, 0.4) is 0 Å². The average molecular weight is 346 g/mol. The molecule has 0 aliphatic heterocycles. The molecule has 1 amide bonds. The summed E-state index contributed by atoms with van der Waals surface area (Å²) in [5.41, 5.74) is 1.19. The molecule has 0 aliphatic carbocycles. The van der Waals surface area contributed by atoms with Gasteiger partial charge in [0.15, 0.2) is 0 Å². The van der Waals surface area contributed by atoms with Crippen molar-refractivity contribution in [2.75, 3.05) is 20.3 Å². The van der Waals surface area contributed by atoms with Crippen LogP contribution in [0.2, 0.25) is 0 Å². The lowest BCUT2D eigenvalue weighted by molar-refractivity contribution is -0.121. The van der Waals surface area contributed by atoms with Gasteiger partial charge in [-0.25, -0.2) is 0 Å². The van der Waals surface area contributed by atoms with Crippen LogP contribution in [0, 0.1) is 0 Å². The fourth-order valence-corrected chi connectivity index (χ4v) is 2.50. The van der Waals surface area contributed by atoms with Gasteiger partial charge in [-0.15, -0.1) is 0 Å². The number of aromatic amines is 1. The van der Waals surface area contributed by atoms with E-state index in [4.69, 9.17) is 9.47 Å². The summed E-state index contributed by atoms with van der Waals surface area (Å²) < 4.78 is 10.6. The second kappa shape index (κ2) is 9.22. The number of aromatic nitrogens is 1. The SMILES string of the molecule is COc1ccc2[nH]c(=O)c(CCC(=O)NCCCOC(C)C)cc2c1. The number of pyridine rings is 1. The third-order valence-corrected chi connectivity index (χ3v) is 3.84. The van der Waals surface area contributed by atoms with Crippen LogP contribution in [0.4, 0.5) is 0 Å².